The van der Waals surface area contributed by atoms with Gasteiger partial charge in [0, 0.05) is 6.42 Å². The van der Waals surface area contributed by atoms with E-state index in [1.54, 1.807) is 6.08 Å². The zero-order chi connectivity index (χ0) is 58.9. The van der Waals surface area contributed by atoms with Crippen molar-refractivity contribution < 1.29 is 49.3 Å². The first-order valence-corrected chi connectivity index (χ1v) is 32.7. The smallest absolute Gasteiger partial charge is 0.306 e. The molecule has 0 aromatic carbocycles. The summed E-state index contributed by atoms with van der Waals surface area (Å²) in [6, 6.07) is -1.05. The van der Waals surface area contributed by atoms with Gasteiger partial charge in [0.05, 0.1) is 25.4 Å². The minimum Gasteiger partial charge on any atom is -0.454 e. The minimum atomic E-state index is -1.65. The molecule has 1 saturated heterocycles. The Labute approximate surface area is 494 Å². The lowest BCUT2D eigenvalue weighted by atomic mass is 9.99. The first-order valence-electron chi connectivity index (χ1n) is 32.7. The lowest BCUT2D eigenvalue weighted by molar-refractivity contribution is -0.305. The van der Waals surface area contributed by atoms with Gasteiger partial charge in [-0.1, -0.05) is 265 Å². The normalized spacial score (nSPS) is 19.4. The molecule has 0 aliphatic carbocycles. The van der Waals surface area contributed by atoms with Crippen molar-refractivity contribution in [2.24, 2.45) is 0 Å². The van der Waals surface area contributed by atoms with Crippen molar-refractivity contribution in [1.82, 2.24) is 5.32 Å². The highest BCUT2D eigenvalue weighted by Crippen LogP contribution is 2.26. The number of hydrogen-bond donors (Lipinski definition) is 6. The number of aliphatic hydroxyl groups is 5. The summed E-state index contributed by atoms with van der Waals surface area (Å²) in [5.74, 6) is -1.29. The first kappa shape index (κ1) is 75.3. The Bertz CT molecular complexity index is 1730. The monoisotopic (exact) mass is 1130 g/mol. The number of hydrogen-bond acceptors (Lipinski definition) is 10. The van der Waals surface area contributed by atoms with Crippen LogP contribution in [0.4, 0.5) is 0 Å². The standard InChI is InChI=1S/C70H119NO10/c1-4-7-10-13-16-19-22-24-26-28-30-31-32-34-35-37-39-42-45-48-51-54-57-63(74)69(78)71-61(62(73)56-53-50-47-44-41-21-18-15-12-9-6-3)60-79-70-68(67(77)66(76)64(59-72)80-70)81-65(75)58-55-52-49-46-43-40-38-36-33-29-27-25-23-20-17-14-11-8-5-2/h8,11,16-17,19-20,24-27,33,36,40,43,49,52-53,56,61-64,66-68,70,72-74,76-77H,4-7,9-10,12-15,18,21-23,28-32,34-35,37-39,41-42,44-48,50-51,54-55,57-60H2,1-3H3,(H,71,78)/b11-8-,19-16-,20-17-,26-24-,27-25-,36-33-,43-40-,52-49-,56-53+. The highest BCUT2D eigenvalue weighted by Gasteiger charge is 2.47. The fraction of sp³-hybridized carbons (Fsp3) is 0.714. The largest absolute Gasteiger partial charge is 0.454 e. The highest BCUT2D eigenvalue weighted by atomic mass is 16.7. The van der Waals surface area contributed by atoms with Gasteiger partial charge in [-0.2, -0.15) is 0 Å². The van der Waals surface area contributed by atoms with Gasteiger partial charge in [0.15, 0.2) is 12.4 Å². The molecule has 6 N–H and O–H groups in total. The summed E-state index contributed by atoms with van der Waals surface area (Å²) in [5, 5.41) is 57.0. The van der Waals surface area contributed by atoms with Gasteiger partial charge in [0.2, 0.25) is 5.91 Å². The molecule has 1 rings (SSSR count). The molecule has 0 saturated carbocycles. The summed E-state index contributed by atoms with van der Waals surface area (Å²) in [6.45, 7) is 5.61. The van der Waals surface area contributed by atoms with Gasteiger partial charge in [-0.25, -0.2) is 0 Å². The van der Waals surface area contributed by atoms with Crippen LogP contribution in [0.5, 0.6) is 0 Å². The second kappa shape index (κ2) is 56.8. The highest BCUT2D eigenvalue weighted by molar-refractivity contribution is 5.80. The van der Waals surface area contributed by atoms with Crippen molar-refractivity contribution in [2.75, 3.05) is 13.2 Å². The minimum absolute atomic E-state index is 0.00629. The van der Waals surface area contributed by atoms with E-state index in [1.165, 1.54) is 122 Å². The van der Waals surface area contributed by atoms with E-state index in [4.69, 9.17) is 14.2 Å². The van der Waals surface area contributed by atoms with Crippen LogP contribution in [0.25, 0.3) is 0 Å². The fourth-order valence-electron chi connectivity index (χ4n) is 9.53. The predicted molar refractivity (Wildman–Crippen MR) is 338 cm³/mol. The van der Waals surface area contributed by atoms with Gasteiger partial charge < -0.3 is 45.1 Å². The number of aliphatic hydroxyl groups excluding tert-OH is 5. The Morgan fingerprint density at radius 3 is 1.36 bits per heavy atom. The molecule has 0 aromatic heterocycles. The number of unbranched alkanes of at least 4 members (excludes halogenated alkanes) is 24. The van der Waals surface area contributed by atoms with Crippen molar-refractivity contribution in [1.29, 1.82) is 0 Å². The van der Waals surface area contributed by atoms with E-state index in [1.807, 2.05) is 18.2 Å². The molecule has 0 radical (unpaired) electrons. The molecular weight excluding hydrogens is 1010 g/mol. The van der Waals surface area contributed by atoms with Crippen LogP contribution in [-0.2, 0) is 23.8 Å². The number of nitrogens with one attached hydrogen (secondary N) is 1. The van der Waals surface area contributed by atoms with Crippen LogP contribution >= 0.6 is 0 Å². The van der Waals surface area contributed by atoms with Gasteiger partial charge in [0.1, 0.15) is 24.4 Å². The molecule has 1 aliphatic rings. The summed E-state index contributed by atoms with van der Waals surface area (Å²) < 4.78 is 17.5. The Morgan fingerprint density at radius 1 is 0.494 bits per heavy atom. The van der Waals surface area contributed by atoms with Crippen molar-refractivity contribution in [2.45, 2.75) is 307 Å². The van der Waals surface area contributed by atoms with Gasteiger partial charge >= 0.3 is 5.97 Å². The summed E-state index contributed by atoms with van der Waals surface area (Å²) in [5.41, 5.74) is 0. The molecule has 464 valence electrons. The Balaban J connectivity index is 2.66. The number of rotatable bonds is 54. The number of carbonyl (C=O) groups excluding carboxylic acids is 2. The quantitative estimate of drug-likeness (QED) is 0.0195. The number of ether oxygens (including phenoxy) is 3. The maximum atomic E-state index is 13.4. The van der Waals surface area contributed by atoms with Crippen molar-refractivity contribution in [3.8, 4) is 0 Å². The lowest BCUT2D eigenvalue weighted by Crippen LogP contribution is -2.61. The number of carbonyl (C=O) groups is 2. The summed E-state index contributed by atoms with van der Waals surface area (Å²) in [4.78, 5) is 26.5. The Morgan fingerprint density at radius 2 is 0.889 bits per heavy atom. The topological polar surface area (TPSA) is 175 Å². The molecule has 1 amide bonds. The first-order chi connectivity index (χ1) is 39.7. The summed E-state index contributed by atoms with van der Waals surface area (Å²) in [7, 11) is 0. The summed E-state index contributed by atoms with van der Waals surface area (Å²) >= 11 is 0. The number of allylic oxidation sites excluding steroid dienone is 17. The van der Waals surface area contributed by atoms with E-state index < -0.39 is 67.4 Å². The van der Waals surface area contributed by atoms with Crippen molar-refractivity contribution in [3.63, 3.8) is 0 Å². The SMILES string of the molecule is CC/C=C\C/C=C\C/C=C\C/C=C\C/C=C\C/C=C\CCC(=O)OC1C(OCC(NC(=O)C(O)CCCCCCCCCCCCCC/C=C\C/C=C\CCCCC)C(O)/C=C/CCCCCCCCCCC)OC(CO)C(O)C1O. The second-order valence-corrected chi connectivity index (χ2v) is 22.1. The average molecular weight is 1130 g/mol. The zero-order valence-corrected chi connectivity index (χ0v) is 51.4. The molecule has 11 nitrogen and oxygen atoms in total. The van der Waals surface area contributed by atoms with E-state index in [-0.39, 0.29) is 19.4 Å². The van der Waals surface area contributed by atoms with E-state index in [0.717, 1.165) is 83.5 Å². The molecule has 1 aliphatic heterocycles. The van der Waals surface area contributed by atoms with Gasteiger partial charge in [-0.05, 0) is 96.3 Å². The molecule has 81 heavy (non-hydrogen) atoms. The molecule has 0 aromatic rings. The van der Waals surface area contributed by atoms with Gasteiger partial charge in [-0.15, -0.1) is 0 Å². The number of amides is 1. The third-order valence-electron chi connectivity index (χ3n) is 14.7. The number of esters is 1. The molecule has 8 atom stereocenters. The van der Waals surface area contributed by atoms with Crippen LogP contribution in [0, 0.1) is 0 Å². The third-order valence-corrected chi connectivity index (χ3v) is 14.7. The molecule has 11 heteroatoms. The predicted octanol–water partition coefficient (Wildman–Crippen LogP) is 16.1. The Kier molecular flexibility index (Phi) is 52.8. The lowest BCUT2D eigenvalue weighted by Gasteiger charge is -2.41. The van der Waals surface area contributed by atoms with Crippen LogP contribution < -0.4 is 5.32 Å². The maximum Gasteiger partial charge on any atom is 0.306 e. The van der Waals surface area contributed by atoms with Crippen LogP contribution in [0.1, 0.15) is 258 Å². The fourth-order valence-corrected chi connectivity index (χ4v) is 9.53. The molecule has 8 unspecified atom stereocenters. The van der Waals surface area contributed by atoms with E-state index in [9.17, 15) is 35.1 Å². The van der Waals surface area contributed by atoms with Gasteiger partial charge in [-0.3, -0.25) is 9.59 Å². The van der Waals surface area contributed by atoms with Crippen molar-refractivity contribution >= 4 is 11.9 Å². The molecule has 0 bridgehead atoms. The van der Waals surface area contributed by atoms with E-state index >= 15 is 0 Å². The molecule has 1 heterocycles. The average Bonchev–Trinajstić information content (AvgIpc) is 3.50. The Hall–Kier alpha value is -3.68. The molecular formula is C70H119NO10. The maximum absolute atomic E-state index is 13.4. The third kappa shape index (κ3) is 44.5. The van der Waals surface area contributed by atoms with Crippen LogP contribution in [0.2, 0.25) is 0 Å². The van der Waals surface area contributed by atoms with Gasteiger partial charge in [0.25, 0.3) is 0 Å². The van der Waals surface area contributed by atoms with E-state index in [0.29, 0.717) is 19.3 Å². The van der Waals surface area contributed by atoms with Crippen LogP contribution in [0.3, 0.4) is 0 Å². The zero-order valence-electron chi connectivity index (χ0n) is 51.4. The van der Waals surface area contributed by atoms with Crippen molar-refractivity contribution in [3.05, 3.63) is 109 Å². The van der Waals surface area contributed by atoms with E-state index in [2.05, 4.69) is 111 Å². The molecule has 0 spiro atoms. The second-order valence-electron chi connectivity index (χ2n) is 22.1. The van der Waals surface area contributed by atoms with Crippen LogP contribution in [0.15, 0.2) is 109 Å². The van der Waals surface area contributed by atoms with Crippen LogP contribution in [-0.4, -0.2) is 99.6 Å². The summed E-state index contributed by atoms with van der Waals surface area (Å²) in [6.07, 6.45) is 67.1. The molecule has 1 fully saturated rings.